The minimum absolute atomic E-state index is 0.0191. The van der Waals surface area contributed by atoms with Gasteiger partial charge in [-0.2, -0.15) is 13.2 Å². The van der Waals surface area contributed by atoms with Crippen molar-refractivity contribution in [1.82, 2.24) is 0 Å². The van der Waals surface area contributed by atoms with Crippen LogP contribution in [0.15, 0.2) is 36.4 Å². The first-order chi connectivity index (χ1) is 12.4. The number of rotatable bonds is 4. The number of alkyl halides is 3. The van der Waals surface area contributed by atoms with E-state index in [0.717, 1.165) is 25.0 Å². The van der Waals surface area contributed by atoms with Gasteiger partial charge in [-0.1, -0.05) is 0 Å². The zero-order chi connectivity index (χ0) is 18.3. The maximum atomic E-state index is 13.0. The van der Waals surface area contributed by atoms with E-state index >= 15 is 0 Å². The van der Waals surface area contributed by atoms with Gasteiger partial charge < -0.3 is 19.5 Å². The molecule has 0 spiro atoms. The van der Waals surface area contributed by atoms with Crippen LogP contribution in [0, 0.1) is 5.92 Å². The summed E-state index contributed by atoms with van der Waals surface area (Å²) in [6.07, 6.45) is -3.04. The van der Waals surface area contributed by atoms with Crippen molar-refractivity contribution in [3.8, 4) is 23.0 Å². The Labute approximate surface area is 146 Å². The maximum absolute atomic E-state index is 13.0. The highest BCUT2D eigenvalue weighted by molar-refractivity contribution is 5.95. The van der Waals surface area contributed by atoms with Crippen molar-refractivity contribution in [2.75, 3.05) is 12.1 Å². The Balaban J connectivity index is 1.64. The SMILES string of the molecule is O=C(Nc1cc(C(F)(F)F)ccc1Oc1ccc2c(c1)OCO2)C1CC1. The van der Waals surface area contributed by atoms with Gasteiger partial charge in [-0.25, -0.2) is 0 Å². The molecule has 0 saturated heterocycles. The zero-order valence-electron chi connectivity index (χ0n) is 13.4. The molecule has 1 aliphatic carbocycles. The summed E-state index contributed by atoms with van der Waals surface area (Å²) in [7, 11) is 0. The van der Waals surface area contributed by atoms with Crippen LogP contribution in [0.25, 0.3) is 0 Å². The summed E-state index contributed by atoms with van der Waals surface area (Å²) in [6.45, 7) is 0.0990. The van der Waals surface area contributed by atoms with Crippen molar-refractivity contribution < 1.29 is 32.2 Å². The minimum Gasteiger partial charge on any atom is -0.455 e. The van der Waals surface area contributed by atoms with Crippen molar-refractivity contribution >= 4 is 11.6 Å². The van der Waals surface area contributed by atoms with Crippen LogP contribution in [-0.4, -0.2) is 12.7 Å². The Morgan fingerprint density at radius 3 is 2.58 bits per heavy atom. The van der Waals surface area contributed by atoms with Gasteiger partial charge in [0.05, 0.1) is 11.3 Å². The first-order valence-electron chi connectivity index (χ1n) is 8.00. The number of hydrogen-bond acceptors (Lipinski definition) is 4. The standard InChI is InChI=1S/C18H14F3NO4/c19-18(20,21)11-3-5-14(13(7-11)22-17(23)10-1-2-10)26-12-4-6-15-16(8-12)25-9-24-15/h3-8,10H,1-2,9H2,(H,22,23). The number of carbonyl (C=O) groups is 1. The lowest BCUT2D eigenvalue weighted by atomic mass is 10.1. The average Bonchev–Trinajstić information content (AvgIpc) is 3.34. The van der Waals surface area contributed by atoms with E-state index in [1.165, 1.54) is 6.07 Å². The van der Waals surface area contributed by atoms with E-state index in [9.17, 15) is 18.0 Å². The molecule has 1 N–H and O–H groups in total. The zero-order valence-corrected chi connectivity index (χ0v) is 13.4. The summed E-state index contributed by atoms with van der Waals surface area (Å²) in [5.41, 5.74) is -0.879. The van der Waals surface area contributed by atoms with E-state index in [-0.39, 0.29) is 30.1 Å². The van der Waals surface area contributed by atoms with Gasteiger partial charge in [-0.3, -0.25) is 4.79 Å². The molecular weight excluding hydrogens is 351 g/mol. The van der Waals surface area contributed by atoms with Crippen LogP contribution < -0.4 is 19.5 Å². The van der Waals surface area contributed by atoms with E-state index in [1.54, 1.807) is 18.2 Å². The second-order valence-corrected chi connectivity index (χ2v) is 6.09. The number of hydrogen-bond donors (Lipinski definition) is 1. The molecule has 4 rings (SSSR count). The lowest BCUT2D eigenvalue weighted by Crippen LogP contribution is -2.15. The average molecular weight is 365 g/mol. The first-order valence-corrected chi connectivity index (χ1v) is 8.00. The molecule has 1 heterocycles. The largest absolute Gasteiger partial charge is 0.455 e. The molecule has 2 aromatic rings. The van der Waals surface area contributed by atoms with Gasteiger partial charge in [0.1, 0.15) is 5.75 Å². The summed E-state index contributed by atoms with van der Waals surface area (Å²) >= 11 is 0. The molecular formula is C18H14F3NO4. The number of anilines is 1. The fourth-order valence-corrected chi connectivity index (χ4v) is 2.54. The van der Waals surface area contributed by atoms with E-state index in [4.69, 9.17) is 14.2 Å². The maximum Gasteiger partial charge on any atom is 0.416 e. The van der Waals surface area contributed by atoms with Crippen LogP contribution in [0.1, 0.15) is 18.4 Å². The predicted octanol–water partition coefficient (Wildman–Crippen LogP) is 4.57. The summed E-state index contributed by atoms with van der Waals surface area (Å²) in [6, 6.07) is 7.81. The summed E-state index contributed by atoms with van der Waals surface area (Å²) < 4.78 is 55.1. The lowest BCUT2D eigenvalue weighted by molar-refractivity contribution is -0.137. The third-order valence-corrected chi connectivity index (χ3v) is 4.08. The molecule has 2 aliphatic rings. The summed E-state index contributed by atoms with van der Waals surface area (Å²) in [5.74, 6) is 1.06. The number of carbonyl (C=O) groups excluding carboxylic acids is 1. The molecule has 1 aliphatic heterocycles. The van der Waals surface area contributed by atoms with Crippen molar-refractivity contribution in [2.45, 2.75) is 19.0 Å². The molecule has 0 aromatic heterocycles. The van der Waals surface area contributed by atoms with Gasteiger partial charge >= 0.3 is 6.18 Å². The van der Waals surface area contributed by atoms with Gasteiger partial charge in [0.2, 0.25) is 12.7 Å². The Morgan fingerprint density at radius 2 is 1.85 bits per heavy atom. The normalized spacial score (nSPS) is 15.7. The number of halogens is 3. The van der Waals surface area contributed by atoms with Gasteiger partial charge in [0.25, 0.3) is 0 Å². The smallest absolute Gasteiger partial charge is 0.416 e. The third-order valence-electron chi connectivity index (χ3n) is 4.08. The van der Waals surface area contributed by atoms with Crippen molar-refractivity contribution in [3.63, 3.8) is 0 Å². The molecule has 1 saturated carbocycles. The molecule has 1 fully saturated rings. The quantitative estimate of drug-likeness (QED) is 0.862. The van der Waals surface area contributed by atoms with Crippen LogP contribution in [-0.2, 0) is 11.0 Å². The first kappa shape index (κ1) is 16.6. The van der Waals surface area contributed by atoms with Crippen molar-refractivity contribution in [1.29, 1.82) is 0 Å². The Hall–Kier alpha value is -2.90. The molecule has 5 nitrogen and oxygen atoms in total. The topological polar surface area (TPSA) is 56.8 Å². The van der Waals surface area contributed by atoms with Crippen molar-refractivity contribution in [2.24, 2.45) is 5.92 Å². The van der Waals surface area contributed by atoms with E-state index < -0.39 is 11.7 Å². The Kier molecular flexibility index (Phi) is 3.90. The van der Waals surface area contributed by atoms with Gasteiger partial charge in [0, 0.05) is 12.0 Å². The fraction of sp³-hybridized carbons (Fsp3) is 0.278. The highest BCUT2D eigenvalue weighted by Gasteiger charge is 2.33. The number of nitrogens with one attached hydrogen (secondary N) is 1. The van der Waals surface area contributed by atoms with Crippen LogP contribution >= 0.6 is 0 Å². The monoisotopic (exact) mass is 365 g/mol. The molecule has 0 atom stereocenters. The Bertz CT molecular complexity index is 862. The second kappa shape index (κ2) is 6.12. The second-order valence-electron chi connectivity index (χ2n) is 6.09. The van der Waals surface area contributed by atoms with Crippen molar-refractivity contribution in [3.05, 3.63) is 42.0 Å². The molecule has 0 radical (unpaired) electrons. The summed E-state index contributed by atoms with van der Waals surface area (Å²) in [4.78, 5) is 12.0. The lowest BCUT2D eigenvalue weighted by Gasteiger charge is -2.15. The molecule has 0 unspecified atom stereocenters. The number of amides is 1. The molecule has 1 amide bonds. The summed E-state index contributed by atoms with van der Waals surface area (Å²) in [5, 5.41) is 2.54. The molecule has 8 heteroatoms. The Morgan fingerprint density at radius 1 is 1.08 bits per heavy atom. The van der Waals surface area contributed by atoms with Gasteiger partial charge in [-0.15, -0.1) is 0 Å². The van der Waals surface area contributed by atoms with Gasteiger partial charge in [0.15, 0.2) is 17.2 Å². The number of ether oxygens (including phenoxy) is 3. The molecule has 136 valence electrons. The van der Waals surface area contributed by atoms with Crippen LogP contribution in [0.2, 0.25) is 0 Å². The highest BCUT2D eigenvalue weighted by atomic mass is 19.4. The highest BCUT2D eigenvalue weighted by Crippen LogP contribution is 2.41. The van der Waals surface area contributed by atoms with E-state index in [0.29, 0.717) is 17.2 Å². The number of fused-ring (bicyclic) bond motifs is 1. The minimum atomic E-state index is -4.52. The molecule has 2 aromatic carbocycles. The van der Waals surface area contributed by atoms with Crippen LogP contribution in [0.3, 0.4) is 0 Å². The molecule has 26 heavy (non-hydrogen) atoms. The fourth-order valence-electron chi connectivity index (χ4n) is 2.54. The van der Waals surface area contributed by atoms with Crippen LogP contribution in [0.5, 0.6) is 23.0 Å². The number of benzene rings is 2. The van der Waals surface area contributed by atoms with E-state index in [1.807, 2.05) is 0 Å². The predicted molar refractivity (Wildman–Crippen MR) is 85.4 cm³/mol. The molecule has 0 bridgehead atoms. The van der Waals surface area contributed by atoms with E-state index in [2.05, 4.69) is 5.32 Å². The van der Waals surface area contributed by atoms with Gasteiger partial charge in [-0.05, 0) is 43.2 Å². The van der Waals surface area contributed by atoms with Crippen LogP contribution in [0.4, 0.5) is 18.9 Å². The third kappa shape index (κ3) is 3.40.